The number of amides is 2. The molecule has 2 N–H and O–H groups in total. The second-order valence-corrected chi connectivity index (χ2v) is 8.30. The molecule has 2 aliphatic rings. The molecule has 1 heterocycles. The van der Waals surface area contributed by atoms with E-state index in [1.165, 1.54) is 0 Å². The molecule has 2 amide bonds. The van der Waals surface area contributed by atoms with E-state index < -0.39 is 0 Å². The summed E-state index contributed by atoms with van der Waals surface area (Å²) in [6, 6.07) is 15.1. The number of rotatable bonds is 7. The number of nitrogens with one attached hydrogen (secondary N) is 2. The Morgan fingerprint density at radius 3 is 2.76 bits per heavy atom. The van der Waals surface area contributed by atoms with Gasteiger partial charge in [-0.15, -0.1) is 0 Å². The summed E-state index contributed by atoms with van der Waals surface area (Å²) in [4.78, 5) is 25.4. The molecule has 1 saturated heterocycles. The van der Waals surface area contributed by atoms with Crippen LogP contribution in [-0.2, 0) is 20.9 Å². The summed E-state index contributed by atoms with van der Waals surface area (Å²) in [6.45, 7) is 2.88. The van der Waals surface area contributed by atoms with Gasteiger partial charge in [0.05, 0.1) is 19.8 Å². The molecule has 1 saturated carbocycles. The lowest BCUT2D eigenvalue weighted by molar-refractivity contribution is -0.134. The number of fused-ring (bicyclic) bond motifs is 1. The minimum Gasteiger partial charge on any atom is -0.493 e. The normalized spacial score (nSPS) is 23.2. The summed E-state index contributed by atoms with van der Waals surface area (Å²) in [5.74, 6) is 1.24. The maximum Gasteiger partial charge on any atom is 0.286 e. The van der Waals surface area contributed by atoms with Crippen molar-refractivity contribution in [3.8, 4) is 11.5 Å². The Kier molecular flexibility index (Phi) is 7.17. The average molecular weight is 451 g/mol. The van der Waals surface area contributed by atoms with Gasteiger partial charge in [0.2, 0.25) is 5.91 Å². The van der Waals surface area contributed by atoms with Gasteiger partial charge in [0.1, 0.15) is 6.10 Å². The van der Waals surface area contributed by atoms with Crippen LogP contribution in [-0.4, -0.2) is 37.7 Å². The van der Waals surface area contributed by atoms with Crippen LogP contribution >= 0.6 is 0 Å². The highest BCUT2D eigenvalue weighted by atomic mass is 16.5. The first-order chi connectivity index (χ1) is 16.1. The minimum atomic E-state index is -0.234. The summed E-state index contributed by atoms with van der Waals surface area (Å²) < 4.78 is 16.9. The first kappa shape index (κ1) is 22.7. The Morgan fingerprint density at radius 1 is 1.18 bits per heavy atom. The molecule has 2 aromatic rings. The van der Waals surface area contributed by atoms with Gasteiger partial charge in [-0.05, 0) is 55.5 Å². The van der Waals surface area contributed by atoms with Crippen molar-refractivity contribution in [1.29, 1.82) is 0 Å². The van der Waals surface area contributed by atoms with Crippen LogP contribution in [0.25, 0.3) is 6.08 Å². The molecule has 1 aliphatic carbocycles. The number of hydrogen-bond donors (Lipinski definition) is 2. The molecule has 0 spiro atoms. The van der Waals surface area contributed by atoms with Crippen LogP contribution in [0.3, 0.4) is 0 Å². The quantitative estimate of drug-likeness (QED) is 0.632. The molecule has 4 rings (SSSR count). The number of carbonyl (C=O) groups is 2. The highest BCUT2D eigenvalue weighted by molar-refractivity contribution is 5.96. The Bertz CT molecular complexity index is 1020. The lowest BCUT2D eigenvalue weighted by atomic mass is 9.82. The van der Waals surface area contributed by atoms with E-state index in [0.29, 0.717) is 49.7 Å². The molecule has 174 valence electrons. The lowest BCUT2D eigenvalue weighted by Gasteiger charge is -2.39. The van der Waals surface area contributed by atoms with E-state index >= 15 is 0 Å². The first-order valence-electron chi connectivity index (χ1n) is 11.4. The van der Waals surface area contributed by atoms with Crippen molar-refractivity contribution in [3.63, 3.8) is 0 Å². The number of morpholine rings is 1. The predicted octanol–water partition coefficient (Wildman–Crippen LogP) is 3.43. The Balaban J connectivity index is 1.32. The third-order valence-electron chi connectivity index (χ3n) is 6.07. The van der Waals surface area contributed by atoms with Gasteiger partial charge in [-0.25, -0.2) is 0 Å². The van der Waals surface area contributed by atoms with Crippen LogP contribution in [0.4, 0.5) is 0 Å². The maximum atomic E-state index is 12.8. The van der Waals surface area contributed by atoms with E-state index in [2.05, 4.69) is 10.6 Å². The Morgan fingerprint density at radius 2 is 2.00 bits per heavy atom. The van der Waals surface area contributed by atoms with Crippen molar-refractivity contribution in [3.05, 3.63) is 65.4 Å². The molecule has 3 atom stereocenters. The van der Waals surface area contributed by atoms with E-state index in [9.17, 15) is 9.59 Å². The molecule has 0 radical (unpaired) electrons. The highest BCUT2D eigenvalue weighted by Crippen LogP contribution is 2.32. The van der Waals surface area contributed by atoms with E-state index in [0.717, 1.165) is 11.1 Å². The largest absolute Gasteiger partial charge is 0.493 e. The van der Waals surface area contributed by atoms with Crippen molar-refractivity contribution in [2.75, 3.05) is 13.7 Å². The smallest absolute Gasteiger partial charge is 0.286 e. The number of ether oxygens (including phenoxy) is 3. The molecule has 2 aromatic carbocycles. The Hall–Kier alpha value is -3.48. The van der Waals surface area contributed by atoms with Gasteiger partial charge in [0.25, 0.3) is 5.91 Å². The summed E-state index contributed by atoms with van der Waals surface area (Å²) in [6.07, 6.45) is 3.64. The topological polar surface area (TPSA) is 85.9 Å². The van der Waals surface area contributed by atoms with Gasteiger partial charge in [-0.1, -0.05) is 36.4 Å². The molecular weight excluding hydrogens is 420 g/mol. The van der Waals surface area contributed by atoms with E-state index in [-0.39, 0.29) is 29.9 Å². The summed E-state index contributed by atoms with van der Waals surface area (Å²) in [7, 11) is 1.60. The minimum absolute atomic E-state index is 0.0128. The van der Waals surface area contributed by atoms with Crippen LogP contribution in [0.2, 0.25) is 0 Å². The zero-order chi connectivity index (χ0) is 23.2. The molecule has 2 fully saturated rings. The molecule has 3 unspecified atom stereocenters. The zero-order valence-corrected chi connectivity index (χ0v) is 19.0. The van der Waals surface area contributed by atoms with Crippen molar-refractivity contribution >= 4 is 17.9 Å². The molecular formula is C26H30N2O5. The van der Waals surface area contributed by atoms with E-state index in [4.69, 9.17) is 14.2 Å². The fourth-order valence-corrected chi connectivity index (χ4v) is 4.36. The molecule has 1 aliphatic heterocycles. The van der Waals surface area contributed by atoms with E-state index in [1.54, 1.807) is 13.2 Å². The van der Waals surface area contributed by atoms with Crippen LogP contribution in [0.1, 0.15) is 37.3 Å². The molecule has 0 bridgehead atoms. The number of carbonyl (C=O) groups excluding carboxylic acids is 2. The van der Waals surface area contributed by atoms with Gasteiger partial charge in [0.15, 0.2) is 17.3 Å². The third-order valence-corrected chi connectivity index (χ3v) is 6.07. The second-order valence-electron chi connectivity index (χ2n) is 8.30. The number of hydrogen-bond acceptors (Lipinski definition) is 5. The summed E-state index contributed by atoms with van der Waals surface area (Å²) in [5, 5.41) is 6.06. The van der Waals surface area contributed by atoms with Crippen molar-refractivity contribution in [2.24, 2.45) is 5.92 Å². The standard InChI is InChI=1S/C26H30N2O5/c1-3-32-22-11-9-18(14-23(22)31-2)16-27-25(29)19-10-12-21-20(15-19)28-26(30)24(33-21)13-17-7-5-4-6-8-17/h4-9,11,13-14,19-21H,3,10,12,15-16H2,1-2H3,(H,27,29)(H,28,30)/b24-13+. The van der Waals surface area contributed by atoms with Gasteiger partial charge >= 0.3 is 0 Å². The predicted molar refractivity (Wildman–Crippen MR) is 125 cm³/mol. The Labute approximate surface area is 194 Å². The van der Waals surface area contributed by atoms with Gasteiger partial charge in [0, 0.05) is 12.5 Å². The van der Waals surface area contributed by atoms with Crippen LogP contribution in [0.15, 0.2) is 54.3 Å². The lowest BCUT2D eigenvalue weighted by Crippen LogP contribution is -2.54. The molecule has 7 heteroatoms. The van der Waals surface area contributed by atoms with Crippen LogP contribution in [0.5, 0.6) is 11.5 Å². The number of benzene rings is 2. The van der Waals surface area contributed by atoms with Crippen LogP contribution in [0, 0.1) is 5.92 Å². The van der Waals surface area contributed by atoms with Crippen molar-refractivity contribution < 1.29 is 23.8 Å². The fourth-order valence-electron chi connectivity index (χ4n) is 4.36. The van der Waals surface area contributed by atoms with Gasteiger partial charge in [-0.3, -0.25) is 9.59 Å². The summed E-state index contributed by atoms with van der Waals surface area (Å²) >= 11 is 0. The number of methoxy groups -OCH3 is 1. The maximum absolute atomic E-state index is 12.8. The average Bonchev–Trinajstić information content (AvgIpc) is 2.84. The van der Waals surface area contributed by atoms with Crippen molar-refractivity contribution in [2.45, 2.75) is 44.9 Å². The van der Waals surface area contributed by atoms with Gasteiger partial charge in [-0.2, -0.15) is 0 Å². The highest BCUT2D eigenvalue weighted by Gasteiger charge is 2.40. The second kappa shape index (κ2) is 10.4. The molecule has 33 heavy (non-hydrogen) atoms. The van der Waals surface area contributed by atoms with E-state index in [1.807, 2.05) is 55.5 Å². The monoisotopic (exact) mass is 450 g/mol. The third kappa shape index (κ3) is 5.48. The molecule has 7 nitrogen and oxygen atoms in total. The van der Waals surface area contributed by atoms with Crippen LogP contribution < -0.4 is 20.1 Å². The fraction of sp³-hybridized carbons (Fsp3) is 0.385. The van der Waals surface area contributed by atoms with Gasteiger partial charge < -0.3 is 24.8 Å². The summed E-state index contributed by atoms with van der Waals surface area (Å²) in [5.41, 5.74) is 1.85. The SMILES string of the molecule is CCOc1ccc(CNC(=O)C2CCC3O/C(=C/c4ccccc4)C(=O)NC3C2)cc1OC. The zero-order valence-electron chi connectivity index (χ0n) is 19.0. The first-order valence-corrected chi connectivity index (χ1v) is 11.4. The van der Waals surface area contributed by atoms with Crippen molar-refractivity contribution in [1.82, 2.24) is 10.6 Å². The molecule has 0 aromatic heterocycles.